The van der Waals surface area contributed by atoms with E-state index in [0.717, 1.165) is 16.9 Å². The highest BCUT2D eigenvalue weighted by molar-refractivity contribution is 6.07. The van der Waals surface area contributed by atoms with Gasteiger partial charge >= 0.3 is 5.97 Å². The lowest BCUT2D eigenvalue weighted by atomic mass is 10.1. The molecule has 6 heteroatoms. The van der Waals surface area contributed by atoms with Gasteiger partial charge in [-0.2, -0.15) is 5.10 Å². The molecule has 6 nitrogen and oxygen atoms in total. The fourth-order valence-corrected chi connectivity index (χ4v) is 3.08. The molecule has 0 saturated heterocycles. The van der Waals surface area contributed by atoms with Gasteiger partial charge in [-0.1, -0.05) is 0 Å². The normalized spacial score (nSPS) is 12.9. The molecule has 0 bridgehead atoms. The van der Waals surface area contributed by atoms with Gasteiger partial charge in [-0.3, -0.25) is 4.79 Å². The van der Waals surface area contributed by atoms with Gasteiger partial charge in [-0.25, -0.2) is 9.48 Å². The molecule has 1 N–H and O–H groups in total. The van der Waals surface area contributed by atoms with Gasteiger partial charge in [0.05, 0.1) is 11.3 Å². The van der Waals surface area contributed by atoms with Crippen LogP contribution >= 0.6 is 0 Å². The van der Waals surface area contributed by atoms with E-state index in [1.54, 1.807) is 40.0 Å². The Labute approximate surface area is 143 Å². The van der Waals surface area contributed by atoms with Crippen molar-refractivity contribution in [3.8, 4) is 5.69 Å². The highest BCUT2D eigenvalue weighted by Gasteiger charge is 2.26. The third-order valence-corrected chi connectivity index (χ3v) is 4.35. The monoisotopic (exact) mass is 333 g/mol. The van der Waals surface area contributed by atoms with Crippen molar-refractivity contribution in [2.24, 2.45) is 0 Å². The maximum absolute atomic E-state index is 12.8. The fourth-order valence-electron chi connectivity index (χ4n) is 3.08. The molecule has 0 unspecified atom stereocenters. The van der Waals surface area contributed by atoms with Crippen LogP contribution < -0.4 is 4.90 Å². The molecule has 0 atom stereocenters. The minimum atomic E-state index is -0.957. The number of fused-ring (bicyclic) bond motifs is 1. The third kappa shape index (κ3) is 2.67. The number of carboxylic acid groups (broad SMARTS) is 1. The van der Waals surface area contributed by atoms with Crippen LogP contribution in [-0.4, -0.2) is 33.3 Å². The average Bonchev–Trinajstić information content (AvgIpc) is 3.30. The van der Waals surface area contributed by atoms with Crippen molar-refractivity contribution in [1.82, 2.24) is 9.78 Å². The van der Waals surface area contributed by atoms with Crippen molar-refractivity contribution in [2.75, 3.05) is 11.4 Å². The Hall–Kier alpha value is -3.41. The summed E-state index contributed by atoms with van der Waals surface area (Å²) in [5.41, 5.74) is 3.39. The van der Waals surface area contributed by atoms with E-state index in [4.69, 9.17) is 5.11 Å². The van der Waals surface area contributed by atoms with E-state index in [9.17, 15) is 9.59 Å². The summed E-state index contributed by atoms with van der Waals surface area (Å²) in [4.78, 5) is 25.6. The lowest BCUT2D eigenvalue weighted by Gasteiger charge is -2.17. The van der Waals surface area contributed by atoms with Crippen LogP contribution in [0.25, 0.3) is 5.69 Å². The SMILES string of the molecule is O=C(O)c1ccc2c(c1)CCN2C(=O)c1ccc(-n2cccn2)cc1. The number of carbonyl (C=O) groups excluding carboxylic acids is 1. The molecule has 2 heterocycles. The van der Waals surface area contributed by atoms with Crippen LogP contribution in [0, 0.1) is 0 Å². The Kier molecular flexibility index (Phi) is 3.57. The molecule has 1 amide bonds. The van der Waals surface area contributed by atoms with Crippen LogP contribution in [0.1, 0.15) is 26.3 Å². The second kappa shape index (κ2) is 5.90. The van der Waals surface area contributed by atoms with E-state index in [-0.39, 0.29) is 11.5 Å². The van der Waals surface area contributed by atoms with Crippen LogP contribution in [0.4, 0.5) is 5.69 Å². The number of anilines is 1. The zero-order valence-electron chi connectivity index (χ0n) is 13.3. The first-order valence-electron chi connectivity index (χ1n) is 7.91. The minimum Gasteiger partial charge on any atom is -0.478 e. The molecule has 124 valence electrons. The van der Waals surface area contributed by atoms with Crippen LogP contribution in [0.5, 0.6) is 0 Å². The van der Waals surface area contributed by atoms with Crippen molar-refractivity contribution in [1.29, 1.82) is 0 Å². The standard InChI is InChI=1S/C19H15N3O3/c23-18(13-2-5-16(6-3-13)22-10-1-9-20-22)21-11-8-14-12-15(19(24)25)4-7-17(14)21/h1-7,9-10,12H,8,11H2,(H,24,25). The molecule has 1 aliphatic heterocycles. The zero-order valence-corrected chi connectivity index (χ0v) is 13.3. The number of nitrogens with zero attached hydrogens (tertiary/aromatic N) is 3. The van der Waals surface area contributed by atoms with Crippen molar-refractivity contribution in [2.45, 2.75) is 6.42 Å². The summed E-state index contributed by atoms with van der Waals surface area (Å²) in [5.74, 6) is -1.05. The molecule has 0 aliphatic carbocycles. The van der Waals surface area contributed by atoms with Crippen molar-refractivity contribution < 1.29 is 14.7 Å². The molecule has 2 aromatic carbocycles. The average molecular weight is 333 g/mol. The Morgan fingerprint density at radius 2 is 1.80 bits per heavy atom. The summed E-state index contributed by atoms with van der Waals surface area (Å²) in [5, 5.41) is 13.2. The summed E-state index contributed by atoms with van der Waals surface area (Å²) in [6.45, 7) is 0.554. The molecule has 0 radical (unpaired) electrons. The molecule has 3 aromatic rings. The molecule has 25 heavy (non-hydrogen) atoms. The lowest BCUT2D eigenvalue weighted by Crippen LogP contribution is -2.28. The first kappa shape index (κ1) is 15.1. The number of hydrogen-bond donors (Lipinski definition) is 1. The van der Waals surface area contributed by atoms with Gasteiger partial charge in [0, 0.05) is 30.2 Å². The molecule has 0 spiro atoms. The smallest absolute Gasteiger partial charge is 0.335 e. The molecule has 4 rings (SSSR count). The number of hydrogen-bond acceptors (Lipinski definition) is 3. The third-order valence-electron chi connectivity index (χ3n) is 4.35. The number of carboxylic acids is 1. The molecule has 1 aliphatic rings. The van der Waals surface area contributed by atoms with E-state index < -0.39 is 5.97 Å². The van der Waals surface area contributed by atoms with Crippen LogP contribution in [-0.2, 0) is 6.42 Å². The van der Waals surface area contributed by atoms with Gasteiger partial charge in [0.2, 0.25) is 0 Å². The summed E-state index contributed by atoms with van der Waals surface area (Å²) in [6, 6.07) is 14.0. The first-order chi connectivity index (χ1) is 12.1. The number of aromatic nitrogens is 2. The van der Waals surface area contributed by atoms with E-state index in [0.29, 0.717) is 18.5 Å². The number of amides is 1. The van der Waals surface area contributed by atoms with Crippen molar-refractivity contribution in [3.63, 3.8) is 0 Å². The van der Waals surface area contributed by atoms with Gasteiger partial charge < -0.3 is 10.0 Å². The molecular weight excluding hydrogens is 318 g/mol. The van der Waals surface area contributed by atoms with E-state index >= 15 is 0 Å². The predicted molar refractivity (Wildman–Crippen MR) is 92.3 cm³/mol. The van der Waals surface area contributed by atoms with Gasteiger partial charge in [-0.15, -0.1) is 0 Å². The summed E-state index contributed by atoms with van der Waals surface area (Å²) >= 11 is 0. The maximum atomic E-state index is 12.8. The summed E-state index contributed by atoms with van der Waals surface area (Å²) < 4.78 is 1.73. The summed E-state index contributed by atoms with van der Waals surface area (Å²) in [6.07, 6.45) is 4.20. The van der Waals surface area contributed by atoms with E-state index in [1.807, 2.05) is 24.4 Å². The van der Waals surface area contributed by atoms with Gasteiger partial charge in [0.25, 0.3) is 5.91 Å². The molecule has 0 fully saturated rings. The highest BCUT2D eigenvalue weighted by atomic mass is 16.4. The Bertz CT molecular complexity index is 947. The van der Waals surface area contributed by atoms with Crippen LogP contribution in [0.15, 0.2) is 60.9 Å². The number of rotatable bonds is 3. The molecular formula is C19H15N3O3. The van der Waals surface area contributed by atoms with E-state index in [1.165, 1.54) is 6.07 Å². The Balaban J connectivity index is 1.60. The minimum absolute atomic E-state index is 0.0890. The van der Waals surface area contributed by atoms with Gasteiger partial charge in [-0.05, 0) is 60.5 Å². The number of aromatic carboxylic acids is 1. The maximum Gasteiger partial charge on any atom is 0.335 e. The summed E-state index contributed by atoms with van der Waals surface area (Å²) in [7, 11) is 0. The Morgan fingerprint density at radius 3 is 2.48 bits per heavy atom. The lowest BCUT2D eigenvalue weighted by molar-refractivity contribution is 0.0696. The first-order valence-corrected chi connectivity index (χ1v) is 7.91. The van der Waals surface area contributed by atoms with Gasteiger partial charge in [0.15, 0.2) is 0 Å². The molecule has 1 aromatic heterocycles. The van der Waals surface area contributed by atoms with E-state index in [2.05, 4.69) is 5.10 Å². The largest absolute Gasteiger partial charge is 0.478 e. The highest BCUT2D eigenvalue weighted by Crippen LogP contribution is 2.30. The second-order valence-corrected chi connectivity index (χ2v) is 5.85. The van der Waals surface area contributed by atoms with Gasteiger partial charge in [0.1, 0.15) is 0 Å². The van der Waals surface area contributed by atoms with Crippen molar-refractivity contribution in [3.05, 3.63) is 77.6 Å². The van der Waals surface area contributed by atoms with Crippen molar-refractivity contribution >= 4 is 17.6 Å². The second-order valence-electron chi connectivity index (χ2n) is 5.85. The topological polar surface area (TPSA) is 75.4 Å². The Morgan fingerprint density at radius 1 is 1.04 bits per heavy atom. The fraction of sp³-hybridized carbons (Fsp3) is 0.105. The molecule has 0 saturated carbocycles. The van der Waals surface area contributed by atoms with Crippen LogP contribution in [0.3, 0.4) is 0 Å². The zero-order chi connectivity index (χ0) is 17.4. The van der Waals surface area contributed by atoms with Crippen LogP contribution in [0.2, 0.25) is 0 Å². The quantitative estimate of drug-likeness (QED) is 0.800. The predicted octanol–water partition coefficient (Wildman–Crippen LogP) is 2.77. The number of benzene rings is 2. The number of carbonyl (C=O) groups is 2.